The summed E-state index contributed by atoms with van der Waals surface area (Å²) in [5.74, 6) is 0.00772. The third-order valence-electron chi connectivity index (χ3n) is 3.90. The minimum absolute atomic E-state index is 0.0736. The van der Waals surface area contributed by atoms with E-state index in [0.717, 1.165) is 0 Å². The first kappa shape index (κ1) is 16.3. The quantitative estimate of drug-likeness (QED) is 0.781. The maximum absolute atomic E-state index is 13.8. The second kappa shape index (κ2) is 6.14. The molecule has 0 radical (unpaired) electrons. The third kappa shape index (κ3) is 3.51. The van der Waals surface area contributed by atoms with Gasteiger partial charge in [-0.15, -0.1) is 5.10 Å². The molecular formula is C14H16FN3O3S2. The van der Waals surface area contributed by atoms with Crippen LogP contribution in [-0.4, -0.2) is 47.7 Å². The third-order valence-corrected chi connectivity index (χ3v) is 5.94. The van der Waals surface area contributed by atoms with Gasteiger partial charge >= 0.3 is 0 Å². The van der Waals surface area contributed by atoms with Crippen LogP contribution in [0.15, 0.2) is 28.7 Å². The summed E-state index contributed by atoms with van der Waals surface area (Å²) in [6, 6.07) is 6.08. The van der Waals surface area contributed by atoms with Gasteiger partial charge in [0.1, 0.15) is 5.82 Å². The van der Waals surface area contributed by atoms with Crippen LogP contribution < -0.4 is 0 Å². The number of nitrogens with zero attached hydrogens (tertiary/aromatic N) is 3. The zero-order valence-corrected chi connectivity index (χ0v) is 14.1. The predicted molar refractivity (Wildman–Crippen MR) is 85.5 cm³/mol. The van der Waals surface area contributed by atoms with Crippen molar-refractivity contribution in [1.82, 2.24) is 14.7 Å². The molecular weight excluding hydrogens is 341 g/mol. The Kier molecular flexibility index (Phi) is 4.35. The van der Waals surface area contributed by atoms with E-state index in [1.165, 1.54) is 10.7 Å². The fraction of sp³-hybridized carbons (Fsp3) is 0.429. The Hall–Kier alpha value is -1.58. The Labute approximate surface area is 138 Å². The van der Waals surface area contributed by atoms with Gasteiger partial charge in [0.2, 0.25) is 5.89 Å². The largest absolute Gasteiger partial charge is 0.409 e. The molecule has 1 fully saturated rings. The van der Waals surface area contributed by atoms with Crippen LogP contribution in [0.25, 0.3) is 11.5 Å². The molecule has 2 heterocycles. The van der Waals surface area contributed by atoms with Crippen LogP contribution in [0.5, 0.6) is 0 Å². The summed E-state index contributed by atoms with van der Waals surface area (Å²) < 4.78 is 43.7. The Morgan fingerprint density at radius 1 is 1.48 bits per heavy atom. The van der Waals surface area contributed by atoms with Crippen LogP contribution in [0.2, 0.25) is 0 Å². The van der Waals surface area contributed by atoms with Gasteiger partial charge in [0.25, 0.3) is 4.84 Å². The molecule has 0 amide bonds. The second-order valence-corrected chi connectivity index (χ2v) is 8.19. The lowest BCUT2D eigenvalue weighted by Gasteiger charge is -2.22. The van der Waals surface area contributed by atoms with E-state index >= 15 is 0 Å². The SMILES string of the molecule is CN(Cn1nc(-c2ccccc2F)oc1=S)C1CCS(=O)(=O)C1. The Morgan fingerprint density at radius 2 is 2.22 bits per heavy atom. The van der Waals surface area contributed by atoms with Gasteiger partial charge in [-0.3, -0.25) is 4.90 Å². The van der Waals surface area contributed by atoms with Crippen LogP contribution >= 0.6 is 12.2 Å². The van der Waals surface area contributed by atoms with Crippen molar-refractivity contribution in [1.29, 1.82) is 0 Å². The monoisotopic (exact) mass is 357 g/mol. The van der Waals surface area contributed by atoms with Crippen LogP contribution in [0.4, 0.5) is 4.39 Å². The molecule has 3 rings (SSSR count). The summed E-state index contributed by atoms with van der Waals surface area (Å²) in [4.78, 5) is 1.99. The van der Waals surface area contributed by atoms with Crippen molar-refractivity contribution in [3.05, 3.63) is 34.9 Å². The van der Waals surface area contributed by atoms with Gasteiger partial charge in [0, 0.05) is 6.04 Å². The number of rotatable bonds is 4. The molecule has 23 heavy (non-hydrogen) atoms. The molecule has 124 valence electrons. The molecule has 1 aliphatic rings. The fourth-order valence-electron chi connectivity index (χ4n) is 2.59. The van der Waals surface area contributed by atoms with Gasteiger partial charge in [-0.2, -0.15) is 0 Å². The van der Waals surface area contributed by atoms with Gasteiger partial charge in [-0.1, -0.05) is 12.1 Å². The normalized spacial score (nSPS) is 20.2. The number of sulfone groups is 1. The zero-order valence-electron chi connectivity index (χ0n) is 12.5. The van der Waals surface area contributed by atoms with E-state index in [9.17, 15) is 12.8 Å². The van der Waals surface area contributed by atoms with E-state index in [1.54, 1.807) is 18.2 Å². The predicted octanol–water partition coefficient (Wildman–Crippen LogP) is 2.09. The molecule has 1 aliphatic heterocycles. The van der Waals surface area contributed by atoms with Crippen molar-refractivity contribution in [3.8, 4) is 11.5 Å². The summed E-state index contributed by atoms with van der Waals surface area (Å²) in [5.41, 5.74) is 0.239. The lowest BCUT2D eigenvalue weighted by Crippen LogP contribution is -2.34. The second-order valence-electron chi connectivity index (χ2n) is 5.61. The maximum Gasteiger partial charge on any atom is 0.288 e. The average Bonchev–Trinajstić information content (AvgIpc) is 3.03. The highest BCUT2D eigenvalue weighted by atomic mass is 32.2. The van der Waals surface area contributed by atoms with E-state index in [4.69, 9.17) is 16.6 Å². The highest BCUT2D eigenvalue weighted by Crippen LogP contribution is 2.22. The molecule has 1 saturated heterocycles. The molecule has 9 heteroatoms. The van der Waals surface area contributed by atoms with Crippen molar-refractivity contribution in [2.45, 2.75) is 19.1 Å². The fourth-order valence-corrected chi connectivity index (χ4v) is 4.57. The number of hydrogen-bond donors (Lipinski definition) is 0. The van der Waals surface area contributed by atoms with Crippen molar-refractivity contribution < 1.29 is 17.2 Å². The van der Waals surface area contributed by atoms with Crippen LogP contribution in [0, 0.1) is 10.7 Å². The lowest BCUT2D eigenvalue weighted by atomic mass is 10.2. The van der Waals surface area contributed by atoms with Crippen LogP contribution in [0.1, 0.15) is 6.42 Å². The molecule has 0 N–H and O–H groups in total. The summed E-state index contributed by atoms with van der Waals surface area (Å²) in [5, 5.41) is 4.20. The highest BCUT2D eigenvalue weighted by molar-refractivity contribution is 7.91. The zero-order chi connectivity index (χ0) is 16.6. The van der Waals surface area contributed by atoms with Crippen molar-refractivity contribution in [2.75, 3.05) is 18.6 Å². The molecule has 0 bridgehead atoms. The molecule has 0 spiro atoms. The van der Waals surface area contributed by atoms with Gasteiger partial charge in [0.15, 0.2) is 9.84 Å². The maximum atomic E-state index is 13.8. The molecule has 1 unspecified atom stereocenters. The van der Waals surface area contributed by atoms with Gasteiger partial charge < -0.3 is 4.42 Å². The molecule has 1 atom stereocenters. The molecule has 0 saturated carbocycles. The molecule has 1 aromatic carbocycles. The van der Waals surface area contributed by atoms with Crippen LogP contribution in [-0.2, 0) is 16.5 Å². The summed E-state index contributed by atoms with van der Waals surface area (Å²) in [7, 11) is -1.15. The standard InChI is InChI=1S/C14H16FN3O3S2/c1-17(10-6-7-23(19,20)8-10)9-18-14(22)21-13(16-18)11-4-2-3-5-12(11)15/h2-5,10H,6-9H2,1H3. The number of aromatic nitrogens is 2. The summed E-state index contributed by atoms with van der Waals surface area (Å²) in [6.07, 6.45) is 0.587. The van der Waals surface area contributed by atoms with Crippen molar-refractivity contribution >= 4 is 22.1 Å². The van der Waals surface area contributed by atoms with E-state index in [0.29, 0.717) is 6.42 Å². The first-order valence-electron chi connectivity index (χ1n) is 7.09. The number of hydrogen-bond acceptors (Lipinski definition) is 6. The highest BCUT2D eigenvalue weighted by Gasteiger charge is 2.31. The van der Waals surface area contributed by atoms with Crippen LogP contribution in [0.3, 0.4) is 0 Å². The lowest BCUT2D eigenvalue weighted by molar-refractivity contribution is 0.194. The number of halogens is 1. The minimum atomic E-state index is -2.96. The average molecular weight is 357 g/mol. The number of benzene rings is 1. The van der Waals surface area contributed by atoms with E-state index in [-0.39, 0.29) is 40.5 Å². The molecule has 6 nitrogen and oxygen atoms in total. The Balaban J connectivity index is 1.80. The van der Waals surface area contributed by atoms with E-state index < -0.39 is 15.7 Å². The summed E-state index contributed by atoms with van der Waals surface area (Å²) >= 11 is 5.12. The topological polar surface area (TPSA) is 68.3 Å². The smallest absolute Gasteiger partial charge is 0.288 e. The van der Waals surface area contributed by atoms with Crippen molar-refractivity contribution in [3.63, 3.8) is 0 Å². The van der Waals surface area contributed by atoms with Gasteiger partial charge in [0.05, 0.1) is 23.7 Å². The molecule has 0 aliphatic carbocycles. The summed E-state index contributed by atoms with van der Waals surface area (Å²) in [6.45, 7) is 0.289. The van der Waals surface area contributed by atoms with Gasteiger partial charge in [-0.05, 0) is 37.8 Å². The Morgan fingerprint density at radius 3 is 2.87 bits per heavy atom. The van der Waals surface area contributed by atoms with E-state index in [2.05, 4.69) is 5.10 Å². The molecule has 1 aromatic heterocycles. The van der Waals surface area contributed by atoms with Crippen molar-refractivity contribution in [2.24, 2.45) is 0 Å². The van der Waals surface area contributed by atoms with Gasteiger partial charge in [-0.25, -0.2) is 17.5 Å². The first-order valence-corrected chi connectivity index (χ1v) is 9.32. The first-order chi connectivity index (χ1) is 10.9. The van der Waals surface area contributed by atoms with E-state index in [1.807, 2.05) is 11.9 Å². The molecule has 2 aromatic rings. The Bertz CT molecular complexity index is 875. The minimum Gasteiger partial charge on any atom is -0.409 e.